The van der Waals surface area contributed by atoms with Gasteiger partial charge in [-0.15, -0.1) is 0 Å². The van der Waals surface area contributed by atoms with Crippen LogP contribution in [0.3, 0.4) is 0 Å². The van der Waals surface area contributed by atoms with Crippen LogP contribution in [0.25, 0.3) is 0 Å². The van der Waals surface area contributed by atoms with Crippen molar-refractivity contribution in [2.24, 2.45) is 0 Å². The van der Waals surface area contributed by atoms with Gasteiger partial charge in [0.1, 0.15) is 5.75 Å². The number of nitrogens with zero attached hydrogens (tertiary/aromatic N) is 1. The normalized spacial score (nSPS) is 14.9. The van der Waals surface area contributed by atoms with Crippen molar-refractivity contribution < 1.29 is 14.3 Å². The quantitative estimate of drug-likeness (QED) is 0.703. The highest BCUT2D eigenvalue weighted by atomic mass is 16.5. The van der Waals surface area contributed by atoms with Crippen LogP contribution in [0.5, 0.6) is 5.75 Å². The number of benzene rings is 2. The Hall–Kier alpha value is -2.86. The van der Waals surface area contributed by atoms with E-state index in [1.54, 1.807) is 7.11 Å². The van der Waals surface area contributed by atoms with Crippen LogP contribution in [0.2, 0.25) is 0 Å². The second kappa shape index (κ2) is 10.3. The number of amides is 2. The van der Waals surface area contributed by atoms with Crippen molar-refractivity contribution in [3.8, 4) is 5.75 Å². The van der Waals surface area contributed by atoms with Crippen molar-refractivity contribution in [3.05, 3.63) is 64.7 Å². The molecule has 0 radical (unpaired) electrons. The Bertz CT molecular complexity index is 871. The van der Waals surface area contributed by atoms with Gasteiger partial charge in [0.2, 0.25) is 5.91 Å². The van der Waals surface area contributed by atoms with Gasteiger partial charge >= 0.3 is 0 Å². The lowest BCUT2D eigenvalue weighted by molar-refractivity contribution is -0.120. The van der Waals surface area contributed by atoms with E-state index in [0.29, 0.717) is 12.1 Å². The second-order valence-electron chi connectivity index (χ2n) is 7.90. The third-order valence-corrected chi connectivity index (χ3v) is 5.45. The minimum Gasteiger partial charge on any atom is -0.497 e. The molecule has 1 heterocycles. The molecule has 6 heteroatoms. The smallest absolute Gasteiger partial charge is 0.251 e. The molecule has 2 aromatic rings. The summed E-state index contributed by atoms with van der Waals surface area (Å²) in [6.45, 7) is 6.38. The Morgan fingerprint density at radius 2 is 1.73 bits per heavy atom. The topological polar surface area (TPSA) is 70.7 Å². The Labute approximate surface area is 178 Å². The third-order valence-electron chi connectivity index (χ3n) is 5.45. The molecule has 6 nitrogen and oxygen atoms in total. The number of hydrogen-bond donors (Lipinski definition) is 2. The number of hydrogen-bond acceptors (Lipinski definition) is 4. The van der Waals surface area contributed by atoms with Gasteiger partial charge in [-0.2, -0.15) is 0 Å². The summed E-state index contributed by atoms with van der Waals surface area (Å²) in [6.07, 6.45) is 2.33. The van der Waals surface area contributed by atoms with Crippen LogP contribution in [0.1, 0.15) is 45.9 Å². The third kappa shape index (κ3) is 5.83. The zero-order chi connectivity index (χ0) is 21.5. The van der Waals surface area contributed by atoms with Crippen molar-refractivity contribution in [1.82, 2.24) is 15.5 Å². The van der Waals surface area contributed by atoms with Gasteiger partial charge < -0.3 is 15.4 Å². The Morgan fingerprint density at radius 1 is 1.03 bits per heavy atom. The average molecular weight is 410 g/mol. The van der Waals surface area contributed by atoms with Gasteiger partial charge in [0.05, 0.1) is 19.7 Å². The maximum absolute atomic E-state index is 12.4. The van der Waals surface area contributed by atoms with Crippen molar-refractivity contribution >= 4 is 11.8 Å². The van der Waals surface area contributed by atoms with E-state index >= 15 is 0 Å². The first kappa shape index (κ1) is 21.8. The highest BCUT2D eigenvalue weighted by molar-refractivity contribution is 5.96. The summed E-state index contributed by atoms with van der Waals surface area (Å²) in [7, 11) is 1.66. The maximum atomic E-state index is 12.4. The van der Waals surface area contributed by atoms with E-state index in [0.717, 1.165) is 35.5 Å². The second-order valence-corrected chi connectivity index (χ2v) is 7.90. The monoisotopic (exact) mass is 409 g/mol. The molecular weight excluding hydrogens is 378 g/mol. The van der Waals surface area contributed by atoms with Gasteiger partial charge in [0, 0.05) is 12.1 Å². The predicted molar refractivity (Wildman–Crippen MR) is 118 cm³/mol. The van der Waals surface area contributed by atoms with Gasteiger partial charge in [-0.1, -0.05) is 29.3 Å². The van der Waals surface area contributed by atoms with Crippen LogP contribution < -0.4 is 15.4 Å². The molecule has 1 aliphatic heterocycles. The fourth-order valence-corrected chi connectivity index (χ4v) is 4.00. The highest BCUT2D eigenvalue weighted by Crippen LogP contribution is 2.27. The molecule has 0 spiro atoms. The first-order valence-electron chi connectivity index (χ1n) is 10.5. The van der Waals surface area contributed by atoms with Crippen LogP contribution in [0.15, 0.2) is 42.5 Å². The number of nitrogens with one attached hydrogen (secondary N) is 2. The molecule has 1 atom stereocenters. The van der Waals surface area contributed by atoms with Gasteiger partial charge in [0.15, 0.2) is 0 Å². The summed E-state index contributed by atoms with van der Waals surface area (Å²) in [5.74, 6) is 0.379. The van der Waals surface area contributed by atoms with Crippen molar-refractivity contribution in [1.29, 1.82) is 0 Å². The number of methoxy groups -OCH3 is 1. The summed E-state index contributed by atoms with van der Waals surface area (Å²) in [4.78, 5) is 27.2. The van der Waals surface area contributed by atoms with Gasteiger partial charge in [-0.05, 0) is 69.6 Å². The van der Waals surface area contributed by atoms with Crippen LogP contribution in [0.4, 0.5) is 0 Å². The minimum absolute atomic E-state index is 0.0450. The van der Waals surface area contributed by atoms with Crippen molar-refractivity contribution in [3.63, 3.8) is 0 Å². The highest BCUT2D eigenvalue weighted by Gasteiger charge is 2.24. The van der Waals surface area contributed by atoms with E-state index in [4.69, 9.17) is 4.74 Å². The maximum Gasteiger partial charge on any atom is 0.251 e. The molecule has 1 fully saturated rings. The SMILES string of the molecule is COc1cccc(C(CNC(=O)CNC(=O)c2cc(C)cc(C)c2)N2CCCC2)c1. The number of ether oxygens (including phenoxy) is 1. The molecule has 1 saturated heterocycles. The lowest BCUT2D eigenvalue weighted by Crippen LogP contribution is -2.41. The predicted octanol–water partition coefficient (Wildman–Crippen LogP) is 3.00. The van der Waals surface area contributed by atoms with Crippen LogP contribution in [-0.4, -0.2) is 50.0 Å². The van der Waals surface area contributed by atoms with Gasteiger partial charge in [-0.3, -0.25) is 14.5 Å². The molecule has 0 saturated carbocycles. The van der Waals surface area contributed by atoms with E-state index in [2.05, 4.69) is 21.6 Å². The number of aryl methyl sites for hydroxylation is 2. The summed E-state index contributed by atoms with van der Waals surface area (Å²) >= 11 is 0. The van der Waals surface area contributed by atoms with Crippen molar-refractivity contribution in [2.75, 3.05) is 33.3 Å². The summed E-state index contributed by atoms with van der Waals surface area (Å²) in [6, 6.07) is 13.7. The van der Waals surface area contributed by atoms with Crippen LogP contribution >= 0.6 is 0 Å². The lowest BCUT2D eigenvalue weighted by Gasteiger charge is -2.28. The molecule has 160 valence electrons. The Morgan fingerprint density at radius 3 is 2.40 bits per heavy atom. The molecular formula is C24H31N3O3. The molecule has 0 bridgehead atoms. The molecule has 2 N–H and O–H groups in total. The van der Waals surface area contributed by atoms with E-state index < -0.39 is 0 Å². The van der Waals surface area contributed by atoms with E-state index in [1.165, 1.54) is 12.8 Å². The average Bonchev–Trinajstić information content (AvgIpc) is 3.26. The number of carbonyl (C=O) groups excluding carboxylic acids is 2. The molecule has 1 aliphatic rings. The molecule has 0 aromatic heterocycles. The van der Waals surface area contributed by atoms with E-state index in [-0.39, 0.29) is 24.4 Å². The molecule has 30 heavy (non-hydrogen) atoms. The fraction of sp³-hybridized carbons (Fsp3) is 0.417. The van der Waals surface area contributed by atoms with Gasteiger partial charge in [0.25, 0.3) is 5.91 Å². The lowest BCUT2D eigenvalue weighted by atomic mass is 10.0. The molecule has 3 rings (SSSR count). The summed E-state index contributed by atoms with van der Waals surface area (Å²) in [5, 5.41) is 5.71. The van der Waals surface area contributed by atoms with Crippen LogP contribution in [0, 0.1) is 13.8 Å². The van der Waals surface area contributed by atoms with Crippen molar-refractivity contribution in [2.45, 2.75) is 32.7 Å². The first-order valence-corrected chi connectivity index (χ1v) is 10.5. The first-order chi connectivity index (χ1) is 14.5. The minimum atomic E-state index is -0.235. The van der Waals surface area contributed by atoms with Gasteiger partial charge in [-0.25, -0.2) is 0 Å². The molecule has 2 amide bonds. The zero-order valence-electron chi connectivity index (χ0n) is 18.0. The number of rotatable bonds is 8. The fourth-order valence-electron chi connectivity index (χ4n) is 4.00. The molecule has 0 aliphatic carbocycles. The Balaban J connectivity index is 1.58. The summed E-state index contributed by atoms with van der Waals surface area (Å²) in [5.41, 5.74) is 3.75. The molecule has 2 aromatic carbocycles. The molecule has 1 unspecified atom stereocenters. The zero-order valence-corrected chi connectivity index (χ0v) is 18.0. The Kier molecular flexibility index (Phi) is 7.46. The van der Waals surface area contributed by atoms with E-state index in [9.17, 15) is 9.59 Å². The number of carbonyl (C=O) groups is 2. The standard InChI is InChI=1S/C24H31N3O3/c1-17-11-18(2)13-20(12-17)24(29)26-16-23(28)25-15-22(27-9-4-5-10-27)19-7-6-8-21(14-19)30-3/h6-8,11-14,22H,4-5,9-10,15-16H2,1-3H3,(H,25,28)(H,26,29). The van der Waals surface area contributed by atoms with E-state index in [1.807, 2.05) is 50.2 Å². The number of likely N-dealkylation sites (tertiary alicyclic amines) is 1. The largest absolute Gasteiger partial charge is 0.497 e. The van der Waals surface area contributed by atoms with Crippen LogP contribution in [-0.2, 0) is 4.79 Å². The summed E-state index contributed by atoms with van der Waals surface area (Å²) < 4.78 is 5.36.